The summed E-state index contributed by atoms with van der Waals surface area (Å²) in [6.45, 7) is 3.05. The monoisotopic (exact) mass is 442 g/mol. The zero-order chi connectivity index (χ0) is 23.3. The molecule has 0 saturated carbocycles. The lowest BCUT2D eigenvalue weighted by Crippen LogP contribution is -2.14. The standard InChI is InChI=1S/C32H30N2/c1-3-10-25(19-22-33(2)31-17-8-13-27-11-4-6-15-29(27)31)26-20-23-34(24-21-26)32-18-9-14-28-12-5-7-16-30(28)32/h3-20,22-23H,21,24H2,1-2H3/q+2/b10-3-,25-19+,33-22+. The molecule has 0 atom stereocenters. The number of benzene rings is 4. The van der Waals surface area contributed by atoms with Crippen LogP contribution in [0.3, 0.4) is 0 Å². The van der Waals surface area contributed by atoms with Crippen molar-refractivity contribution in [3.63, 3.8) is 0 Å². The van der Waals surface area contributed by atoms with Crippen molar-refractivity contribution in [1.82, 2.24) is 0 Å². The second-order valence-electron chi connectivity index (χ2n) is 8.66. The van der Waals surface area contributed by atoms with Crippen LogP contribution in [0.4, 0.5) is 11.4 Å². The van der Waals surface area contributed by atoms with Crippen molar-refractivity contribution in [2.75, 3.05) is 13.6 Å². The van der Waals surface area contributed by atoms with Crippen molar-refractivity contribution in [3.05, 3.63) is 120 Å². The Bertz CT molecular complexity index is 1500. The van der Waals surface area contributed by atoms with E-state index in [2.05, 4.69) is 145 Å². The third-order valence-corrected chi connectivity index (χ3v) is 6.50. The molecule has 0 fully saturated rings. The fourth-order valence-electron chi connectivity index (χ4n) is 4.72. The minimum Gasteiger partial charge on any atom is -0.201 e. The Balaban J connectivity index is 1.47. The van der Waals surface area contributed by atoms with Gasteiger partial charge in [-0.25, -0.2) is 4.58 Å². The first-order valence-electron chi connectivity index (χ1n) is 11.9. The van der Waals surface area contributed by atoms with Crippen molar-refractivity contribution in [2.45, 2.75) is 13.3 Å². The number of hydrogen-bond acceptors (Lipinski definition) is 0. The maximum atomic E-state index is 2.37. The molecule has 4 aromatic carbocycles. The molecular formula is C32H30N2+2. The van der Waals surface area contributed by atoms with Crippen molar-refractivity contribution in [3.8, 4) is 0 Å². The normalized spacial score (nSPS) is 15.1. The van der Waals surface area contributed by atoms with Crippen LogP contribution < -0.4 is 0 Å². The second-order valence-corrected chi connectivity index (χ2v) is 8.66. The largest absolute Gasteiger partial charge is 0.213 e. The summed E-state index contributed by atoms with van der Waals surface area (Å²) in [5.41, 5.74) is 5.09. The van der Waals surface area contributed by atoms with Crippen LogP contribution in [-0.2, 0) is 0 Å². The van der Waals surface area contributed by atoms with E-state index in [1.807, 2.05) is 0 Å². The van der Waals surface area contributed by atoms with Gasteiger partial charge in [-0.05, 0) is 41.0 Å². The van der Waals surface area contributed by atoms with Crippen LogP contribution in [0, 0.1) is 0 Å². The van der Waals surface area contributed by atoms with Crippen LogP contribution in [0.25, 0.3) is 21.5 Å². The lowest BCUT2D eigenvalue weighted by atomic mass is 9.99. The van der Waals surface area contributed by atoms with Gasteiger partial charge in [-0.2, -0.15) is 4.58 Å². The molecule has 2 nitrogen and oxygen atoms in total. The predicted octanol–water partition coefficient (Wildman–Crippen LogP) is 7.59. The molecule has 0 aliphatic carbocycles. The van der Waals surface area contributed by atoms with Crippen molar-refractivity contribution >= 4 is 45.3 Å². The number of allylic oxidation sites excluding steroid dienone is 5. The van der Waals surface area contributed by atoms with Gasteiger partial charge in [-0.3, -0.25) is 0 Å². The molecule has 34 heavy (non-hydrogen) atoms. The molecule has 1 aliphatic rings. The summed E-state index contributed by atoms with van der Waals surface area (Å²) in [7, 11) is 2.12. The summed E-state index contributed by atoms with van der Waals surface area (Å²) < 4.78 is 4.58. The molecule has 4 aromatic rings. The highest BCUT2D eigenvalue weighted by atomic mass is 15.0. The summed E-state index contributed by atoms with van der Waals surface area (Å²) in [6.07, 6.45) is 14.2. The summed E-state index contributed by atoms with van der Waals surface area (Å²) in [5, 5.41) is 5.10. The van der Waals surface area contributed by atoms with Gasteiger partial charge in [0.15, 0.2) is 19.0 Å². The van der Waals surface area contributed by atoms with Gasteiger partial charge in [0.05, 0.1) is 10.8 Å². The van der Waals surface area contributed by atoms with Crippen LogP contribution in [-0.4, -0.2) is 35.2 Å². The Morgan fingerprint density at radius 3 is 2.24 bits per heavy atom. The minimum atomic E-state index is 0.966. The molecule has 166 valence electrons. The first-order valence-corrected chi connectivity index (χ1v) is 11.9. The fourth-order valence-corrected chi connectivity index (χ4v) is 4.72. The molecule has 1 heterocycles. The highest BCUT2D eigenvalue weighted by Gasteiger charge is 2.18. The fraction of sp³-hybridized carbons (Fsp3) is 0.125. The maximum absolute atomic E-state index is 2.37. The zero-order valence-corrected chi connectivity index (χ0v) is 19.9. The lowest BCUT2D eigenvalue weighted by molar-refractivity contribution is -0.433. The van der Waals surface area contributed by atoms with E-state index in [1.54, 1.807) is 0 Å². The van der Waals surface area contributed by atoms with E-state index in [4.69, 9.17) is 0 Å². The van der Waals surface area contributed by atoms with Crippen LogP contribution in [0.15, 0.2) is 120 Å². The van der Waals surface area contributed by atoms with Crippen molar-refractivity contribution in [2.24, 2.45) is 0 Å². The highest BCUT2D eigenvalue weighted by Crippen LogP contribution is 2.28. The van der Waals surface area contributed by atoms with Crippen molar-refractivity contribution < 1.29 is 9.15 Å². The molecule has 0 unspecified atom stereocenters. The van der Waals surface area contributed by atoms with Gasteiger partial charge < -0.3 is 0 Å². The van der Waals surface area contributed by atoms with E-state index >= 15 is 0 Å². The van der Waals surface area contributed by atoms with E-state index in [0.29, 0.717) is 0 Å². The second kappa shape index (κ2) is 9.84. The van der Waals surface area contributed by atoms with E-state index in [9.17, 15) is 0 Å². The number of hydrogen-bond donors (Lipinski definition) is 0. The van der Waals surface area contributed by atoms with Crippen molar-refractivity contribution in [1.29, 1.82) is 0 Å². The molecule has 0 aromatic heterocycles. The molecule has 5 rings (SSSR count). The molecule has 2 heteroatoms. The highest BCUT2D eigenvalue weighted by molar-refractivity contribution is 5.92. The maximum Gasteiger partial charge on any atom is 0.213 e. The van der Waals surface area contributed by atoms with E-state index in [-0.39, 0.29) is 0 Å². The van der Waals surface area contributed by atoms with Gasteiger partial charge in [0.25, 0.3) is 0 Å². The Hall–Kier alpha value is -4.04. The lowest BCUT2D eigenvalue weighted by Gasteiger charge is -2.13. The van der Waals surface area contributed by atoms with Crippen LogP contribution in [0.1, 0.15) is 13.3 Å². The SMILES string of the molecule is C\C=C/C(=C\C=[N+](/C)c1cccc2ccccc12)C1=CC=[N+](c2cccc3ccccc23)CC1. The van der Waals surface area contributed by atoms with Crippen LogP contribution in [0.2, 0.25) is 0 Å². The smallest absolute Gasteiger partial charge is 0.201 e. The Labute approximate surface area is 201 Å². The molecule has 0 N–H and O–H groups in total. The Morgan fingerprint density at radius 2 is 1.50 bits per heavy atom. The summed E-state index contributed by atoms with van der Waals surface area (Å²) in [6, 6.07) is 30.2. The Morgan fingerprint density at radius 1 is 0.824 bits per heavy atom. The quantitative estimate of drug-likeness (QED) is 0.171. The van der Waals surface area contributed by atoms with Gasteiger partial charge in [-0.15, -0.1) is 0 Å². The number of nitrogens with zero attached hydrogens (tertiary/aromatic N) is 2. The first kappa shape index (κ1) is 21.8. The summed E-state index contributed by atoms with van der Waals surface area (Å²) in [5.74, 6) is 0. The van der Waals surface area contributed by atoms with Crippen LogP contribution in [0.5, 0.6) is 0 Å². The molecule has 0 amide bonds. The summed E-state index contributed by atoms with van der Waals surface area (Å²) in [4.78, 5) is 0. The van der Waals surface area contributed by atoms with Gasteiger partial charge in [0.2, 0.25) is 11.4 Å². The number of fused-ring (bicyclic) bond motifs is 2. The average Bonchev–Trinajstić information content (AvgIpc) is 2.90. The molecule has 0 saturated heterocycles. The van der Waals surface area contributed by atoms with Gasteiger partial charge in [0, 0.05) is 30.7 Å². The molecule has 0 bridgehead atoms. The zero-order valence-electron chi connectivity index (χ0n) is 19.9. The molecular weight excluding hydrogens is 412 g/mol. The minimum absolute atomic E-state index is 0.966. The molecule has 0 radical (unpaired) electrons. The van der Waals surface area contributed by atoms with Crippen LogP contribution >= 0.6 is 0 Å². The van der Waals surface area contributed by atoms with Gasteiger partial charge >= 0.3 is 0 Å². The molecule has 0 spiro atoms. The van der Waals surface area contributed by atoms with E-state index in [1.165, 1.54) is 44.1 Å². The van der Waals surface area contributed by atoms with Gasteiger partial charge in [-0.1, -0.05) is 72.8 Å². The van der Waals surface area contributed by atoms with E-state index < -0.39 is 0 Å². The topological polar surface area (TPSA) is 6.02 Å². The predicted molar refractivity (Wildman–Crippen MR) is 146 cm³/mol. The third-order valence-electron chi connectivity index (χ3n) is 6.50. The average molecular weight is 443 g/mol. The third kappa shape index (κ3) is 4.40. The first-order chi connectivity index (χ1) is 16.7. The van der Waals surface area contributed by atoms with E-state index in [0.717, 1.165) is 13.0 Å². The van der Waals surface area contributed by atoms with Gasteiger partial charge in [0.1, 0.15) is 7.05 Å². The summed E-state index contributed by atoms with van der Waals surface area (Å²) >= 11 is 0. The Kier molecular flexibility index (Phi) is 6.31. The molecule has 1 aliphatic heterocycles. The number of rotatable bonds is 5.